The van der Waals surface area contributed by atoms with Crippen LogP contribution in [-0.2, 0) is 6.54 Å². The van der Waals surface area contributed by atoms with Crippen LogP contribution in [0.1, 0.15) is 31.4 Å². The summed E-state index contributed by atoms with van der Waals surface area (Å²) in [5.74, 6) is 0.848. The Morgan fingerprint density at radius 1 is 1.32 bits per heavy atom. The number of halogens is 1. The molecule has 0 amide bonds. The second kappa shape index (κ2) is 5.90. The van der Waals surface area contributed by atoms with Gasteiger partial charge in [-0.2, -0.15) is 0 Å². The van der Waals surface area contributed by atoms with Crippen molar-refractivity contribution >= 4 is 15.9 Å². The first-order valence-electron chi connectivity index (χ1n) is 7.26. The van der Waals surface area contributed by atoms with Crippen LogP contribution in [0.3, 0.4) is 0 Å². The predicted octanol–water partition coefficient (Wildman–Crippen LogP) is 2.81. The van der Waals surface area contributed by atoms with Gasteiger partial charge in [0.2, 0.25) is 0 Å². The topological polar surface area (TPSA) is 28.2 Å². The number of fused-ring (bicyclic) bond motifs is 2. The van der Waals surface area contributed by atoms with Gasteiger partial charge in [-0.25, -0.2) is 4.98 Å². The second-order valence-corrected chi connectivity index (χ2v) is 6.78. The zero-order valence-corrected chi connectivity index (χ0v) is 13.1. The molecule has 3 nitrogen and oxygen atoms in total. The molecule has 2 atom stereocenters. The molecule has 3 rings (SSSR count). The van der Waals surface area contributed by atoms with Crippen LogP contribution in [0.25, 0.3) is 0 Å². The highest BCUT2D eigenvalue weighted by Crippen LogP contribution is 2.36. The van der Waals surface area contributed by atoms with Crippen molar-refractivity contribution in [2.75, 3.05) is 13.6 Å². The summed E-state index contributed by atoms with van der Waals surface area (Å²) in [5.41, 5.74) is 1.12. The Morgan fingerprint density at radius 2 is 2.05 bits per heavy atom. The number of hydrogen-bond donors (Lipinski definition) is 1. The third kappa shape index (κ3) is 3.18. The van der Waals surface area contributed by atoms with Crippen LogP contribution in [-0.4, -0.2) is 35.6 Å². The minimum absolute atomic E-state index is 0.842. The van der Waals surface area contributed by atoms with E-state index in [1.54, 1.807) is 0 Å². The molecule has 4 heteroatoms. The minimum atomic E-state index is 0.842. The molecular formula is C15H22BrN3. The van der Waals surface area contributed by atoms with E-state index < -0.39 is 0 Å². The average molecular weight is 324 g/mol. The molecule has 2 unspecified atom stereocenters. The summed E-state index contributed by atoms with van der Waals surface area (Å²) in [5, 5.41) is 3.58. The Morgan fingerprint density at radius 3 is 2.74 bits per heavy atom. The van der Waals surface area contributed by atoms with E-state index in [2.05, 4.69) is 44.2 Å². The highest BCUT2D eigenvalue weighted by molar-refractivity contribution is 9.10. The standard InChI is InChI=1S/C15H22BrN3/c1-19-13-5-6-14(19)8-11(7-13)9-17-10-12-3-2-4-15(16)18-12/h2-4,11,13-14,17H,5-10H2,1H3. The molecule has 104 valence electrons. The van der Waals surface area contributed by atoms with Crippen molar-refractivity contribution in [3.63, 3.8) is 0 Å². The number of hydrogen-bond acceptors (Lipinski definition) is 3. The molecule has 0 spiro atoms. The summed E-state index contributed by atoms with van der Waals surface area (Å²) in [6.45, 7) is 2.01. The zero-order chi connectivity index (χ0) is 13.2. The van der Waals surface area contributed by atoms with E-state index in [9.17, 15) is 0 Å². The lowest BCUT2D eigenvalue weighted by Crippen LogP contribution is -2.42. The molecule has 2 aliphatic rings. The van der Waals surface area contributed by atoms with Gasteiger partial charge in [-0.3, -0.25) is 0 Å². The number of nitrogens with zero attached hydrogens (tertiary/aromatic N) is 2. The zero-order valence-electron chi connectivity index (χ0n) is 11.5. The number of nitrogens with one attached hydrogen (secondary N) is 1. The van der Waals surface area contributed by atoms with Crippen LogP contribution >= 0.6 is 15.9 Å². The van der Waals surface area contributed by atoms with Crippen molar-refractivity contribution < 1.29 is 0 Å². The first-order valence-corrected chi connectivity index (χ1v) is 8.06. The molecule has 0 saturated carbocycles. The molecule has 19 heavy (non-hydrogen) atoms. The first kappa shape index (κ1) is 13.5. The SMILES string of the molecule is CN1C2CCC1CC(CNCc1cccc(Br)n1)C2. The highest BCUT2D eigenvalue weighted by Gasteiger charge is 2.37. The van der Waals surface area contributed by atoms with Crippen LogP contribution in [0.15, 0.2) is 22.8 Å². The minimum Gasteiger partial charge on any atom is -0.311 e. The monoisotopic (exact) mass is 323 g/mol. The summed E-state index contributed by atoms with van der Waals surface area (Å²) in [6, 6.07) is 7.78. The Kier molecular flexibility index (Phi) is 4.20. The van der Waals surface area contributed by atoms with Gasteiger partial charge >= 0.3 is 0 Å². The van der Waals surface area contributed by atoms with Crippen LogP contribution in [0.2, 0.25) is 0 Å². The smallest absolute Gasteiger partial charge is 0.106 e. The third-order valence-corrected chi connectivity index (χ3v) is 5.15. The van der Waals surface area contributed by atoms with Gasteiger partial charge in [-0.1, -0.05) is 6.07 Å². The summed E-state index contributed by atoms with van der Waals surface area (Å²) in [7, 11) is 2.30. The molecule has 2 bridgehead atoms. The average Bonchev–Trinajstić information content (AvgIpc) is 2.63. The maximum absolute atomic E-state index is 4.46. The Hall–Kier alpha value is -0.450. The van der Waals surface area contributed by atoms with E-state index in [1.807, 2.05) is 12.1 Å². The van der Waals surface area contributed by atoms with E-state index in [4.69, 9.17) is 0 Å². The van der Waals surface area contributed by atoms with E-state index >= 15 is 0 Å². The number of piperidine rings is 1. The van der Waals surface area contributed by atoms with Gasteiger partial charge in [0.1, 0.15) is 4.60 Å². The van der Waals surface area contributed by atoms with Crippen LogP contribution < -0.4 is 5.32 Å². The molecular weight excluding hydrogens is 302 g/mol. The fraction of sp³-hybridized carbons (Fsp3) is 0.667. The molecule has 0 aromatic carbocycles. The molecule has 2 fully saturated rings. The molecule has 1 aromatic heterocycles. The Balaban J connectivity index is 1.46. The van der Waals surface area contributed by atoms with Gasteiger partial charge < -0.3 is 10.2 Å². The molecule has 0 radical (unpaired) electrons. The van der Waals surface area contributed by atoms with Crippen LogP contribution in [0.5, 0.6) is 0 Å². The number of pyridine rings is 1. The Labute approximate surface area is 123 Å². The summed E-state index contributed by atoms with van der Waals surface area (Å²) in [4.78, 5) is 7.06. The van der Waals surface area contributed by atoms with Crippen molar-refractivity contribution in [2.45, 2.75) is 44.3 Å². The van der Waals surface area contributed by atoms with Crippen molar-refractivity contribution in [3.8, 4) is 0 Å². The number of rotatable bonds is 4. The van der Waals surface area contributed by atoms with E-state index in [0.717, 1.165) is 41.4 Å². The lowest BCUT2D eigenvalue weighted by atomic mass is 9.91. The maximum atomic E-state index is 4.46. The Bertz CT molecular complexity index is 423. The maximum Gasteiger partial charge on any atom is 0.106 e. The molecule has 1 N–H and O–H groups in total. The summed E-state index contributed by atoms with van der Waals surface area (Å²) < 4.78 is 0.920. The normalized spacial score (nSPS) is 30.7. The van der Waals surface area contributed by atoms with Gasteiger partial charge in [0.05, 0.1) is 5.69 Å². The summed E-state index contributed by atoms with van der Waals surface area (Å²) in [6.07, 6.45) is 5.55. The lowest BCUT2D eigenvalue weighted by Gasteiger charge is -2.36. The molecule has 2 aliphatic heterocycles. The van der Waals surface area contributed by atoms with Crippen LogP contribution in [0, 0.1) is 5.92 Å². The second-order valence-electron chi connectivity index (χ2n) is 5.97. The van der Waals surface area contributed by atoms with Crippen molar-refractivity contribution in [1.82, 2.24) is 15.2 Å². The number of aromatic nitrogens is 1. The fourth-order valence-electron chi connectivity index (χ4n) is 3.64. The van der Waals surface area contributed by atoms with Gasteiger partial charge in [0, 0.05) is 18.6 Å². The van der Waals surface area contributed by atoms with Gasteiger partial charge in [-0.15, -0.1) is 0 Å². The third-order valence-electron chi connectivity index (χ3n) is 4.71. The fourth-order valence-corrected chi connectivity index (χ4v) is 4.02. The molecule has 1 aromatic rings. The van der Waals surface area contributed by atoms with E-state index in [-0.39, 0.29) is 0 Å². The predicted molar refractivity (Wildman–Crippen MR) is 80.9 cm³/mol. The van der Waals surface area contributed by atoms with Gasteiger partial charge in [-0.05, 0) is 73.3 Å². The van der Waals surface area contributed by atoms with Crippen LogP contribution in [0.4, 0.5) is 0 Å². The van der Waals surface area contributed by atoms with Crippen molar-refractivity contribution in [1.29, 1.82) is 0 Å². The van der Waals surface area contributed by atoms with E-state index in [0.29, 0.717) is 0 Å². The molecule has 2 saturated heterocycles. The highest BCUT2D eigenvalue weighted by atomic mass is 79.9. The first-order chi connectivity index (χ1) is 9.22. The largest absolute Gasteiger partial charge is 0.311 e. The van der Waals surface area contributed by atoms with Crippen molar-refractivity contribution in [3.05, 3.63) is 28.5 Å². The van der Waals surface area contributed by atoms with E-state index in [1.165, 1.54) is 25.7 Å². The quantitative estimate of drug-likeness (QED) is 0.863. The molecule has 3 heterocycles. The van der Waals surface area contributed by atoms with Gasteiger partial charge in [0.15, 0.2) is 0 Å². The summed E-state index contributed by atoms with van der Waals surface area (Å²) >= 11 is 3.42. The molecule has 0 aliphatic carbocycles. The lowest BCUT2D eigenvalue weighted by molar-refractivity contribution is 0.133. The van der Waals surface area contributed by atoms with Gasteiger partial charge in [0.25, 0.3) is 0 Å². The van der Waals surface area contributed by atoms with Crippen molar-refractivity contribution in [2.24, 2.45) is 5.92 Å².